The largest absolute Gasteiger partial charge is 0.371 e. The molecule has 2 atom stereocenters. The van der Waals surface area contributed by atoms with Gasteiger partial charge in [0, 0.05) is 25.9 Å². The molecule has 0 fully saturated rings. The average Bonchev–Trinajstić information content (AvgIpc) is 3.59. The Labute approximate surface area is 254 Å². The number of hydrogen-bond donors (Lipinski definition) is 1. The quantitative estimate of drug-likeness (QED) is 0.209. The molecule has 2 aliphatic carbocycles. The number of anilines is 1. The summed E-state index contributed by atoms with van der Waals surface area (Å²) in [5.41, 5.74) is 12.4. The maximum atomic E-state index is 4.16. The van der Waals surface area contributed by atoms with E-state index in [1.54, 1.807) is 0 Å². The van der Waals surface area contributed by atoms with Gasteiger partial charge in [-0.3, -0.25) is 0 Å². The third-order valence-electron chi connectivity index (χ3n) is 10.2. The van der Waals surface area contributed by atoms with Gasteiger partial charge in [-0.15, -0.1) is 11.3 Å². The first-order valence-electron chi connectivity index (χ1n) is 15.1. The molecule has 43 heavy (non-hydrogen) atoms. The number of nitrogens with one attached hydrogen (secondary N) is 1. The van der Waals surface area contributed by atoms with Crippen molar-refractivity contribution in [2.75, 3.05) is 5.32 Å². The van der Waals surface area contributed by atoms with Crippen LogP contribution in [0, 0.1) is 0 Å². The Morgan fingerprint density at radius 2 is 1.35 bits per heavy atom. The number of hydrogen-bond acceptors (Lipinski definition) is 2. The van der Waals surface area contributed by atoms with Crippen LogP contribution in [0.2, 0.25) is 0 Å². The molecule has 0 radical (unpaired) electrons. The van der Waals surface area contributed by atoms with E-state index in [9.17, 15) is 0 Å². The summed E-state index contributed by atoms with van der Waals surface area (Å²) in [6.07, 6.45) is 5.62. The van der Waals surface area contributed by atoms with Gasteiger partial charge in [0.1, 0.15) is 0 Å². The van der Waals surface area contributed by atoms with Gasteiger partial charge in [0.25, 0.3) is 0 Å². The van der Waals surface area contributed by atoms with Crippen LogP contribution in [0.1, 0.15) is 45.4 Å². The van der Waals surface area contributed by atoms with Crippen molar-refractivity contribution in [2.24, 2.45) is 0 Å². The van der Waals surface area contributed by atoms with Crippen molar-refractivity contribution in [3.8, 4) is 11.1 Å². The molecule has 7 aromatic rings. The summed E-state index contributed by atoms with van der Waals surface area (Å²) < 4.78 is 2.72. The topological polar surface area (TPSA) is 12.0 Å². The minimum atomic E-state index is -0.396. The van der Waals surface area contributed by atoms with E-state index in [-0.39, 0.29) is 5.41 Å². The smallest absolute Gasteiger partial charge is 0.0920 e. The molecule has 0 amide bonds. The fourth-order valence-corrected chi connectivity index (χ4v) is 9.61. The van der Waals surface area contributed by atoms with Crippen molar-refractivity contribution in [2.45, 2.75) is 17.4 Å². The summed E-state index contributed by atoms with van der Waals surface area (Å²) in [5.74, 6) is 0. The van der Waals surface area contributed by atoms with E-state index in [1.807, 2.05) is 11.3 Å². The molecule has 2 unspecified atom stereocenters. The minimum Gasteiger partial charge on any atom is -0.371 e. The van der Waals surface area contributed by atoms with E-state index in [0.717, 1.165) is 12.1 Å². The predicted octanol–water partition coefficient (Wildman–Crippen LogP) is 10.5. The van der Waals surface area contributed by atoms with Crippen LogP contribution in [0.25, 0.3) is 37.4 Å². The summed E-state index contributed by atoms with van der Waals surface area (Å²) in [4.78, 5) is 0. The lowest BCUT2D eigenvalue weighted by atomic mass is 9.66. The van der Waals surface area contributed by atoms with Gasteiger partial charge in [-0.2, -0.15) is 0 Å². The lowest BCUT2D eigenvalue weighted by molar-refractivity contribution is 0.592. The van der Waals surface area contributed by atoms with Crippen molar-refractivity contribution in [3.05, 3.63) is 178 Å². The fraction of sp³-hybridized carbons (Fsp3) is 0.0732. The van der Waals surface area contributed by atoms with Crippen LogP contribution in [0.5, 0.6) is 0 Å². The van der Waals surface area contributed by atoms with E-state index in [4.69, 9.17) is 0 Å². The van der Waals surface area contributed by atoms with Crippen molar-refractivity contribution in [1.29, 1.82) is 0 Å². The summed E-state index contributed by atoms with van der Waals surface area (Å²) in [6.45, 7) is 0. The van der Waals surface area contributed by atoms with Crippen molar-refractivity contribution in [3.63, 3.8) is 0 Å². The highest BCUT2D eigenvalue weighted by molar-refractivity contribution is 7.26. The molecular formula is C41H27NS. The van der Waals surface area contributed by atoms with Crippen LogP contribution in [0.3, 0.4) is 0 Å². The van der Waals surface area contributed by atoms with Gasteiger partial charge < -0.3 is 5.32 Å². The molecular weight excluding hydrogens is 539 g/mol. The molecule has 202 valence electrons. The Hall–Kier alpha value is -4.92. The van der Waals surface area contributed by atoms with Crippen molar-refractivity contribution < 1.29 is 0 Å². The third kappa shape index (κ3) is 2.92. The van der Waals surface area contributed by atoms with E-state index >= 15 is 0 Å². The Morgan fingerprint density at radius 3 is 2.30 bits per heavy atom. The minimum absolute atomic E-state index is 0.373. The second kappa shape index (κ2) is 8.34. The first-order chi connectivity index (χ1) is 21.3. The first-order valence-corrected chi connectivity index (χ1v) is 15.9. The maximum Gasteiger partial charge on any atom is 0.0920 e. The zero-order valence-electron chi connectivity index (χ0n) is 23.5. The highest BCUT2D eigenvalue weighted by Gasteiger charge is 2.48. The summed E-state index contributed by atoms with van der Waals surface area (Å²) in [5, 5.41) is 6.85. The van der Waals surface area contributed by atoms with Crippen molar-refractivity contribution >= 4 is 43.3 Å². The molecule has 6 aromatic carbocycles. The normalized spacial score (nSPS) is 20.7. The molecule has 1 nitrogen and oxygen atoms in total. The SMILES string of the molecule is C1=Cc2c(ccc3c2sc2ccccc23)C2(C1)Nc1cccc(c1)C1(c3ccccc3)c3ccccc3-c3cc2ccc31. The zero-order chi connectivity index (χ0) is 28.2. The van der Waals surface area contributed by atoms with Crippen LogP contribution >= 0.6 is 11.3 Å². The van der Waals surface area contributed by atoms with Gasteiger partial charge >= 0.3 is 0 Å². The second-order valence-corrected chi connectivity index (χ2v) is 13.2. The Bertz CT molecular complexity index is 2310. The molecule has 2 heteroatoms. The maximum absolute atomic E-state index is 4.16. The Kier molecular flexibility index (Phi) is 4.58. The van der Waals surface area contributed by atoms with Crippen LogP contribution in [-0.2, 0) is 11.0 Å². The van der Waals surface area contributed by atoms with Crippen molar-refractivity contribution in [1.82, 2.24) is 0 Å². The monoisotopic (exact) mass is 565 g/mol. The molecule has 1 spiro atoms. The van der Waals surface area contributed by atoms with E-state index in [0.29, 0.717) is 0 Å². The zero-order valence-corrected chi connectivity index (χ0v) is 24.3. The van der Waals surface area contributed by atoms with Crippen LogP contribution < -0.4 is 5.32 Å². The fourth-order valence-electron chi connectivity index (χ4n) is 8.38. The Balaban J connectivity index is 1.32. The molecule has 0 saturated heterocycles. The number of fused-ring (bicyclic) bond motifs is 7. The van der Waals surface area contributed by atoms with E-state index in [1.165, 1.54) is 70.2 Å². The molecule has 3 heterocycles. The van der Waals surface area contributed by atoms with Gasteiger partial charge in [-0.25, -0.2) is 0 Å². The Morgan fingerprint density at radius 1 is 0.558 bits per heavy atom. The molecule has 4 aliphatic rings. The van der Waals surface area contributed by atoms with E-state index in [2.05, 4.69) is 151 Å². The molecule has 11 rings (SSSR count). The summed E-state index contributed by atoms with van der Waals surface area (Å²) in [7, 11) is 0. The highest BCUT2D eigenvalue weighted by Crippen LogP contribution is 2.58. The van der Waals surface area contributed by atoms with Gasteiger partial charge in [0.15, 0.2) is 0 Å². The number of rotatable bonds is 1. The van der Waals surface area contributed by atoms with Gasteiger partial charge in [-0.05, 0) is 80.8 Å². The van der Waals surface area contributed by atoms with Crippen LogP contribution in [0.4, 0.5) is 5.69 Å². The van der Waals surface area contributed by atoms with Gasteiger partial charge in [-0.1, -0.05) is 121 Å². The molecule has 0 saturated carbocycles. The van der Waals surface area contributed by atoms with Gasteiger partial charge in [0.2, 0.25) is 0 Å². The second-order valence-electron chi connectivity index (χ2n) is 12.1. The molecule has 1 aromatic heterocycles. The summed E-state index contributed by atoms with van der Waals surface area (Å²) >= 11 is 1.91. The highest BCUT2D eigenvalue weighted by atomic mass is 32.1. The van der Waals surface area contributed by atoms with Crippen LogP contribution in [-0.4, -0.2) is 0 Å². The molecule has 6 bridgehead atoms. The molecule has 2 aliphatic heterocycles. The predicted molar refractivity (Wildman–Crippen MR) is 181 cm³/mol. The first kappa shape index (κ1) is 23.6. The summed E-state index contributed by atoms with van der Waals surface area (Å²) in [6, 6.07) is 50.2. The van der Waals surface area contributed by atoms with Gasteiger partial charge in [0.05, 0.1) is 11.0 Å². The number of benzene rings is 6. The third-order valence-corrected chi connectivity index (χ3v) is 11.4. The average molecular weight is 566 g/mol. The van der Waals surface area contributed by atoms with Crippen LogP contribution in [0.15, 0.2) is 140 Å². The molecule has 1 N–H and O–H groups in total. The number of thiophene rings is 1. The lowest BCUT2D eigenvalue weighted by Gasteiger charge is -2.41. The lowest BCUT2D eigenvalue weighted by Crippen LogP contribution is -2.39. The van der Waals surface area contributed by atoms with E-state index < -0.39 is 5.54 Å². The standard InChI is InChI=1S/C41H27NS/c1-2-10-26(11-3-1)41-28-12-8-13-29(24-28)42-40(27-19-21-37(41)34(25-27)30-14-4-6-17-36(30)41)23-9-16-33-35(40)22-20-32-31-15-5-7-18-38(31)43-39(32)33/h1-22,24-25,42H,23H2.